The minimum Gasteiger partial charge on any atom is -0.325 e. The second kappa shape index (κ2) is 5.90. The zero-order valence-corrected chi connectivity index (χ0v) is 11.5. The summed E-state index contributed by atoms with van der Waals surface area (Å²) < 4.78 is 1.79. The van der Waals surface area contributed by atoms with Gasteiger partial charge in [-0.1, -0.05) is 19.3 Å². The van der Waals surface area contributed by atoms with Crippen molar-refractivity contribution in [3.8, 4) is 0 Å². The fourth-order valence-electron chi connectivity index (χ4n) is 2.53. The highest BCUT2D eigenvalue weighted by molar-refractivity contribution is 5.89. The van der Waals surface area contributed by atoms with Crippen LogP contribution in [0, 0.1) is 0 Å². The van der Waals surface area contributed by atoms with Crippen LogP contribution in [0.1, 0.15) is 32.1 Å². The summed E-state index contributed by atoms with van der Waals surface area (Å²) >= 11 is 0. The number of anilines is 1. The van der Waals surface area contributed by atoms with Gasteiger partial charge >= 0.3 is 6.03 Å². The van der Waals surface area contributed by atoms with Gasteiger partial charge in [0.15, 0.2) is 0 Å². The van der Waals surface area contributed by atoms with Crippen LogP contribution in [0.3, 0.4) is 0 Å². The van der Waals surface area contributed by atoms with Gasteiger partial charge in [0, 0.05) is 31.7 Å². The number of aromatic nitrogens is 3. The van der Waals surface area contributed by atoms with Crippen molar-refractivity contribution < 1.29 is 4.79 Å². The van der Waals surface area contributed by atoms with E-state index in [4.69, 9.17) is 0 Å². The monoisotopic (exact) mass is 273 g/mol. The molecule has 1 saturated heterocycles. The summed E-state index contributed by atoms with van der Waals surface area (Å²) in [5.74, 6) is 0.634. The third-order valence-electron chi connectivity index (χ3n) is 3.64. The lowest BCUT2D eigenvalue weighted by atomic mass is 10.1. The van der Waals surface area contributed by atoms with E-state index in [1.54, 1.807) is 16.8 Å². The fraction of sp³-hybridized carbons (Fsp3) is 0.500. The first-order valence-electron chi connectivity index (χ1n) is 7.17. The van der Waals surface area contributed by atoms with Gasteiger partial charge in [-0.25, -0.2) is 14.8 Å². The third kappa shape index (κ3) is 2.89. The maximum absolute atomic E-state index is 12.3. The molecule has 1 N–H and O–H groups in total. The molecule has 3 rings (SSSR count). The molecule has 1 aliphatic heterocycles. The molecule has 1 fully saturated rings. The van der Waals surface area contributed by atoms with E-state index < -0.39 is 0 Å². The Labute approximate surface area is 117 Å². The number of rotatable bonds is 1. The minimum absolute atomic E-state index is 0.0341. The molecule has 20 heavy (non-hydrogen) atoms. The van der Waals surface area contributed by atoms with Gasteiger partial charge < -0.3 is 10.2 Å². The van der Waals surface area contributed by atoms with Crippen molar-refractivity contribution in [3.05, 3.63) is 24.8 Å². The highest BCUT2D eigenvalue weighted by Crippen LogP contribution is 2.13. The Morgan fingerprint density at radius 3 is 2.65 bits per heavy atom. The summed E-state index contributed by atoms with van der Waals surface area (Å²) in [5.41, 5.74) is 0.697. The molecule has 0 aromatic carbocycles. The van der Waals surface area contributed by atoms with Gasteiger partial charge in [0.1, 0.15) is 0 Å². The first kappa shape index (κ1) is 12.9. The van der Waals surface area contributed by atoms with Gasteiger partial charge in [-0.05, 0) is 12.8 Å². The van der Waals surface area contributed by atoms with Crippen molar-refractivity contribution in [3.63, 3.8) is 0 Å². The Hall–Kier alpha value is -2.11. The Kier molecular flexibility index (Phi) is 3.80. The van der Waals surface area contributed by atoms with E-state index in [1.807, 2.05) is 17.3 Å². The van der Waals surface area contributed by atoms with Crippen molar-refractivity contribution in [1.29, 1.82) is 0 Å². The average Bonchev–Trinajstić information content (AvgIpc) is 2.85. The van der Waals surface area contributed by atoms with Crippen LogP contribution >= 0.6 is 0 Å². The molecule has 0 atom stereocenters. The molecule has 2 aromatic heterocycles. The van der Waals surface area contributed by atoms with Crippen LogP contribution in [0.2, 0.25) is 0 Å². The lowest BCUT2D eigenvalue weighted by Crippen LogP contribution is -2.37. The Balaban J connectivity index is 1.67. The number of nitrogens with zero attached hydrogens (tertiary/aromatic N) is 4. The molecule has 3 heterocycles. The van der Waals surface area contributed by atoms with Crippen LogP contribution in [-0.2, 0) is 0 Å². The molecule has 0 unspecified atom stereocenters. The van der Waals surface area contributed by atoms with Crippen molar-refractivity contribution in [2.75, 3.05) is 18.4 Å². The van der Waals surface area contributed by atoms with Crippen molar-refractivity contribution in [1.82, 2.24) is 19.3 Å². The van der Waals surface area contributed by atoms with Gasteiger partial charge in [0.25, 0.3) is 0 Å². The lowest BCUT2D eigenvalue weighted by Gasteiger charge is -2.24. The summed E-state index contributed by atoms with van der Waals surface area (Å²) in [6.07, 6.45) is 12.9. The second-order valence-electron chi connectivity index (χ2n) is 5.16. The Morgan fingerprint density at radius 1 is 1.10 bits per heavy atom. The van der Waals surface area contributed by atoms with E-state index in [1.165, 1.54) is 19.3 Å². The summed E-state index contributed by atoms with van der Waals surface area (Å²) in [6, 6.07) is -0.0341. The Bertz CT molecular complexity index is 586. The van der Waals surface area contributed by atoms with Crippen molar-refractivity contribution in [2.45, 2.75) is 32.1 Å². The SMILES string of the molecule is O=C(Nc1cnc2nccn2c1)N1CCCCCCC1. The predicted molar refractivity (Wildman–Crippen MR) is 76.7 cm³/mol. The number of urea groups is 1. The first-order valence-corrected chi connectivity index (χ1v) is 7.17. The minimum atomic E-state index is -0.0341. The third-order valence-corrected chi connectivity index (χ3v) is 3.64. The topological polar surface area (TPSA) is 62.5 Å². The van der Waals surface area contributed by atoms with E-state index in [2.05, 4.69) is 15.3 Å². The molecular formula is C14H19N5O. The molecule has 2 amide bonds. The zero-order valence-electron chi connectivity index (χ0n) is 11.5. The van der Waals surface area contributed by atoms with Gasteiger partial charge in [0.2, 0.25) is 5.78 Å². The van der Waals surface area contributed by atoms with Gasteiger partial charge in [-0.2, -0.15) is 0 Å². The highest BCUT2D eigenvalue weighted by Gasteiger charge is 2.15. The van der Waals surface area contributed by atoms with Crippen LogP contribution in [0.15, 0.2) is 24.8 Å². The number of fused-ring (bicyclic) bond motifs is 1. The molecule has 0 aliphatic carbocycles. The summed E-state index contributed by atoms with van der Waals surface area (Å²) in [7, 11) is 0. The van der Waals surface area contributed by atoms with Crippen molar-refractivity contribution in [2.24, 2.45) is 0 Å². The largest absolute Gasteiger partial charge is 0.325 e. The number of carbonyl (C=O) groups excluding carboxylic acids is 1. The lowest BCUT2D eigenvalue weighted by molar-refractivity contribution is 0.206. The molecule has 0 spiro atoms. The number of carbonyl (C=O) groups is 1. The average molecular weight is 273 g/mol. The van der Waals surface area contributed by atoms with Crippen LogP contribution in [0.25, 0.3) is 5.78 Å². The predicted octanol–water partition coefficient (Wildman–Crippen LogP) is 2.53. The highest BCUT2D eigenvalue weighted by atomic mass is 16.2. The van der Waals surface area contributed by atoms with Crippen LogP contribution in [0.5, 0.6) is 0 Å². The smallest absolute Gasteiger partial charge is 0.321 e. The quantitative estimate of drug-likeness (QED) is 0.868. The first-order chi connectivity index (χ1) is 9.83. The van der Waals surface area contributed by atoms with E-state index >= 15 is 0 Å². The van der Waals surface area contributed by atoms with Crippen LogP contribution in [0.4, 0.5) is 10.5 Å². The molecule has 1 aliphatic rings. The number of imidazole rings is 1. The number of nitrogens with one attached hydrogen (secondary N) is 1. The molecule has 106 valence electrons. The molecule has 6 heteroatoms. The normalized spacial score (nSPS) is 16.7. The summed E-state index contributed by atoms with van der Waals surface area (Å²) in [4.78, 5) is 22.4. The van der Waals surface area contributed by atoms with Crippen LogP contribution < -0.4 is 5.32 Å². The van der Waals surface area contributed by atoms with Crippen LogP contribution in [-0.4, -0.2) is 38.4 Å². The molecular weight excluding hydrogens is 254 g/mol. The van der Waals surface area contributed by atoms with Gasteiger partial charge in [-0.15, -0.1) is 0 Å². The van der Waals surface area contributed by atoms with E-state index in [9.17, 15) is 4.79 Å². The van der Waals surface area contributed by atoms with Crippen molar-refractivity contribution >= 4 is 17.5 Å². The maximum Gasteiger partial charge on any atom is 0.321 e. The summed E-state index contributed by atoms with van der Waals surface area (Å²) in [5, 5.41) is 2.92. The second-order valence-corrected chi connectivity index (χ2v) is 5.16. The van der Waals surface area contributed by atoms with E-state index in [-0.39, 0.29) is 6.03 Å². The zero-order chi connectivity index (χ0) is 13.8. The molecule has 0 bridgehead atoms. The number of amides is 2. The fourth-order valence-corrected chi connectivity index (χ4v) is 2.53. The number of hydrogen-bond donors (Lipinski definition) is 1. The number of likely N-dealkylation sites (tertiary alicyclic amines) is 1. The van der Waals surface area contributed by atoms with Gasteiger partial charge in [-0.3, -0.25) is 4.40 Å². The van der Waals surface area contributed by atoms with E-state index in [0.717, 1.165) is 25.9 Å². The summed E-state index contributed by atoms with van der Waals surface area (Å²) in [6.45, 7) is 1.68. The maximum atomic E-state index is 12.3. The molecule has 0 saturated carbocycles. The molecule has 2 aromatic rings. The van der Waals surface area contributed by atoms with Gasteiger partial charge in [0.05, 0.1) is 11.9 Å². The van der Waals surface area contributed by atoms with E-state index in [0.29, 0.717) is 11.5 Å². The molecule has 0 radical (unpaired) electrons. The Morgan fingerprint density at radius 2 is 1.85 bits per heavy atom. The standard InChI is InChI=1S/C14H19N5O/c20-14(18-7-4-2-1-3-5-8-18)17-12-10-16-13-15-6-9-19(13)11-12/h6,9-11H,1-5,7-8H2,(H,17,20). The molecule has 6 nitrogen and oxygen atoms in total. The number of hydrogen-bond acceptors (Lipinski definition) is 3.